The quantitative estimate of drug-likeness (QED) is 0.761. The van der Waals surface area contributed by atoms with E-state index in [9.17, 15) is 4.79 Å². The lowest BCUT2D eigenvalue weighted by Crippen LogP contribution is -2.18. The van der Waals surface area contributed by atoms with E-state index in [0.717, 1.165) is 24.2 Å². The second-order valence-electron chi connectivity index (χ2n) is 5.07. The lowest BCUT2D eigenvalue weighted by molar-refractivity contribution is -0.141. The summed E-state index contributed by atoms with van der Waals surface area (Å²) in [6.07, 6.45) is 3.91. The van der Waals surface area contributed by atoms with Crippen LogP contribution in [0, 0.1) is 12.8 Å². The molecule has 1 aromatic rings. The molecule has 0 saturated heterocycles. The Kier molecular flexibility index (Phi) is 6.21. The van der Waals surface area contributed by atoms with Crippen molar-refractivity contribution >= 4 is 11.8 Å². The third-order valence-electron chi connectivity index (χ3n) is 3.31. The molecule has 0 bridgehead atoms. The molecular weight excluding hydrogens is 258 g/mol. The molecule has 6 heteroatoms. The first-order valence-electron chi connectivity index (χ1n) is 6.80. The van der Waals surface area contributed by atoms with Gasteiger partial charge in [0, 0.05) is 6.04 Å². The predicted molar refractivity (Wildman–Crippen MR) is 77.1 cm³/mol. The summed E-state index contributed by atoms with van der Waals surface area (Å²) in [6.45, 7) is 5.69. The Morgan fingerprint density at radius 1 is 1.40 bits per heavy atom. The zero-order valence-electron chi connectivity index (χ0n) is 12.5. The van der Waals surface area contributed by atoms with Crippen LogP contribution in [0.15, 0.2) is 6.33 Å². The topological polar surface area (TPSA) is 84.3 Å². The van der Waals surface area contributed by atoms with E-state index in [0.29, 0.717) is 12.3 Å². The molecule has 0 aromatic carbocycles. The van der Waals surface area contributed by atoms with Gasteiger partial charge in [0.1, 0.15) is 12.1 Å². The average Bonchev–Trinajstić information content (AvgIpc) is 2.41. The third-order valence-corrected chi connectivity index (χ3v) is 3.31. The SMILES string of the molecule is COc1ncnc(NC(C)CCCC(C)C(=O)O)c1C. The van der Waals surface area contributed by atoms with Crippen molar-refractivity contribution in [1.29, 1.82) is 0 Å². The number of nitrogens with one attached hydrogen (secondary N) is 1. The summed E-state index contributed by atoms with van der Waals surface area (Å²) in [5.41, 5.74) is 0.876. The molecule has 1 aromatic heterocycles. The molecule has 0 saturated carbocycles. The van der Waals surface area contributed by atoms with E-state index in [1.54, 1.807) is 14.0 Å². The van der Waals surface area contributed by atoms with E-state index in [-0.39, 0.29) is 12.0 Å². The van der Waals surface area contributed by atoms with Gasteiger partial charge in [-0.25, -0.2) is 9.97 Å². The number of methoxy groups -OCH3 is 1. The van der Waals surface area contributed by atoms with Gasteiger partial charge in [-0.15, -0.1) is 0 Å². The van der Waals surface area contributed by atoms with Crippen molar-refractivity contribution < 1.29 is 14.6 Å². The summed E-state index contributed by atoms with van der Waals surface area (Å²) in [5.74, 6) is 0.301. The van der Waals surface area contributed by atoms with E-state index in [4.69, 9.17) is 9.84 Å². The fraction of sp³-hybridized carbons (Fsp3) is 0.643. The number of carbonyl (C=O) groups is 1. The smallest absolute Gasteiger partial charge is 0.306 e. The first-order chi connectivity index (χ1) is 9.45. The summed E-state index contributed by atoms with van der Waals surface area (Å²) in [5, 5.41) is 12.1. The molecule has 20 heavy (non-hydrogen) atoms. The fourth-order valence-electron chi connectivity index (χ4n) is 1.94. The first kappa shape index (κ1) is 16.2. The summed E-state index contributed by atoms with van der Waals surface area (Å²) in [7, 11) is 1.58. The minimum absolute atomic E-state index is 0.217. The van der Waals surface area contributed by atoms with Crippen molar-refractivity contribution in [3.63, 3.8) is 0 Å². The van der Waals surface area contributed by atoms with Gasteiger partial charge in [0.05, 0.1) is 18.6 Å². The summed E-state index contributed by atoms with van der Waals surface area (Å²) < 4.78 is 5.15. The standard InChI is InChI=1S/C14H23N3O3/c1-9(14(18)19)6-5-7-10(2)17-12-11(3)13(20-4)16-8-15-12/h8-10H,5-7H2,1-4H3,(H,18,19)(H,15,16,17). The van der Waals surface area contributed by atoms with Gasteiger partial charge >= 0.3 is 5.97 Å². The number of aliphatic carboxylic acids is 1. The maximum Gasteiger partial charge on any atom is 0.306 e. The van der Waals surface area contributed by atoms with Gasteiger partial charge < -0.3 is 15.2 Å². The highest BCUT2D eigenvalue weighted by Gasteiger charge is 2.13. The van der Waals surface area contributed by atoms with E-state index in [1.807, 2.05) is 6.92 Å². The van der Waals surface area contributed by atoms with Crippen molar-refractivity contribution in [3.8, 4) is 5.88 Å². The lowest BCUT2D eigenvalue weighted by Gasteiger charge is -2.17. The zero-order chi connectivity index (χ0) is 15.1. The van der Waals surface area contributed by atoms with Crippen molar-refractivity contribution in [2.24, 2.45) is 5.92 Å². The van der Waals surface area contributed by atoms with Crippen LogP contribution in [0.1, 0.15) is 38.7 Å². The first-order valence-corrected chi connectivity index (χ1v) is 6.80. The van der Waals surface area contributed by atoms with Gasteiger partial charge in [-0.1, -0.05) is 13.3 Å². The van der Waals surface area contributed by atoms with Gasteiger partial charge in [0.15, 0.2) is 0 Å². The highest BCUT2D eigenvalue weighted by Crippen LogP contribution is 2.21. The molecule has 0 radical (unpaired) electrons. The molecule has 0 amide bonds. The molecule has 6 nitrogen and oxygen atoms in total. The van der Waals surface area contributed by atoms with Crippen LogP contribution in [0.3, 0.4) is 0 Å². The minimum atomic E-state index is -0.734. The molecule has 0 aliphatic carbocycles. The predicted octanol–water partition coefficient (Wildman–Crippen LogP) is 2.49. The van der Waals surface area contributed by atoms with Crippen LogP contribution in [0.4, 0.5) is 5.82 Å². The van der Waals surface area contributed by atoms with Gasteiger partial charge in [-0.2, -0.15) is 0 Å². The molecular formula is C14H23N3O3. The normalized spacial score (nSPS) is 13.6. The highest BCUT2D eigenvalue weighted by molar-refractivity contribution is 5.69. The van der Waals surface area contributed by atoms with Gasteiger partial charge in [-0.3, -0.25) is 4.79 Å². The summed E-state index contributed by atoms with van der Waals surface area (Å²) in [4.78, 5) is 19.0. The molecule has 0 fully saturated rings. The summed E-state index contributed by atoms with van der Waals surface area (Å²) in [6, 6.07) is 0.217. The van der Waals surface area contributed by atoms with E-state index < -0.39 is 5.97 Å². The van der Waals surface area contributed by atoms with Crippen LogP contribution in [-0.4, -0.2) is 34.2 Å². The Morgan fingerprint density at radius 2 is 2.10 bits per heavy atom. The van der Waals surface area contributed by atoms with Crippen LogP contribution in [0.5, 0.6) is 5.88 Å². The number of ether oxygens (including phenoxy) is 1. The molecule has 2 unspecified atom stereocenters. The van der Waals surface area contributed by atoms with Gasteiger partial charge in [0.2, 0.25) is 5.88 Å². The Hall–Kier alpha value is -1.85. The molecule has 1 heterocycles. The number of aromatic nitrogens is 2. The largest absolute Gasteiger partial charge is 0.481 e. The van der Waals surface area contributed by atoms with Crippen molar-refractivity contribution in [2.45, 2.75) is 46.1 Å². The second kappa shape index (κ2) is 7.67. The van der Waals surface area contributed by atoms with E-state index >= 15 is 0 Å². The molecule has 1 rings (SSSR count). The number of hydrogen-bond acceptors (Lipinski definition) is 5. The highest BCUT2D eigenvalue weighted by atomic mass is 16.5. The number of anilines is 1. The molecule has 0 spiro atoms. The lowest BCUT2D eigenvalue weighted by atomic mass is 10.0. The van der Waals surface area contributed by atoms with Crippen LogP contribution < -0.4 is 10.1 Å². The second-order valence-corrected chi connectivity index (χ2v) is 5.07. The molecule has 0 aliphatic heterocycles. The fourth-order valence-corrected chi connectivity index (χ4v) is 1.94. The molecule has 2 atom stereocenters. The van der Waals surface area contributed by atoms with Crippen molar-refractivity contribution in [3.05, 3.63) is 11.9 Å². The number of rotatable bonds is 8. The molecule has 0 aliphatic rings. The Labute approximate surface area is 119 Å². The maximum atomic E-state index is 10.7. The van der Waals surface area contributed by atoms with Crippen LogP contribution in [0.25, 0.3) is 0 Å². The third kappa shape index (κ3) is 4.68. The monoisotopic (exact) mass is 281 g/mol. The Balaban J connectivity index is 2.46. The van der Waals surface area contributed by atoms with Crippen molar-refractivity contribution in [1.82, 2.24) is 9.97 Å². The van der Waals surface area contributed by atoms with Crippen LogP contribution in [0.2, 0.25) is 0 Å². The maximum absolute atomic E-state index is 10.7. The Bertz CT molecular complexity index is 451. The van der Waals surface area contributed by atoms with Gasteiger partial charge in [0.25, 0.3) is 0 Å². The summed E-state index contributed by atoms with van der Waals surface area (Å²) >= 11 is 0. The van der Waals surface area contributed by atoms with Crippen LogP contribution in [-0.2, 0) is 4.79 Å². The molecule has 2 N–H and O–H groups in total. The molecule has 112 valence electrons. The van der Waals surface area contributed by atoms with E-state index in [2.05, 4.69) is 22.2 Å². The zero-order valence-corrected chi connectivity index (χ0v) is 12.5. The van der Waals surface area contributed by atoms with Crippen molar-refractivity contribution in [2.75, 3.05) is 12.4 Å². The number of hydrogen-bond donors (Lipinski definition) is 2. The number of nitrogens with zero attached hydrogens (tertiary/aromatic N) is 2. The Morgan fingerprint density at radius 3 is 2.70 bits per heavy atom. The number of carboxylic acids is 1. The number of carboxylic acid groups (broad SMARTS) is 1. The van der Waals surface area contributed by atoms with Gasteiger partial charge in [-0.05, 0) is 26.7 Å². The average molecular weight is 281 g/mol. The van der Waals surface area contributed by atoms with Crippen LogP contribution >= 0.6 is 0 Å². The minimum Gasteiger partial charge on any atom is -0.481 e. The van der Waals surface area contributed by atoms with E-state index in [1.165, 1.54) is 6.33 Å².